The van der Waals surface area contributed by atoms with Gasteiger partial charge in [0.15, 0.2) is 11.5 Å². The fraction of sp³-hybridized carbons (Fsp3) is 0.682. The lowest BCUT2D eigenvalue weighted by Gasteiger charge is -2.53. The molecule has 1 N–H and O–H groups in total. The summed E-state index contributed by atoms with van der Waals surface area (Å²) in [6.07, 6.45) is 3.28. The fourth-order valence-electron chi connectivity index (χ4n) is 6.43. The van der Waals surface area contributed by atoms with Crippen molar-refractivity contribution in [3.05, 3.63) is 23.8 Å². The Morgan fingerprint density at radius 3 is 2.70 bits per heavy atom. The third kappa shape index (κ3) is 2.58. The smallest absolute Gasteiger partial charge is 0.217 e. The Hall–Kier alpha value is -1.75. The summed E-state index contributed by atoms with van der Waals surface area (Å²) >= 11 is 0. The van der Waals surface area contributed by atoms with E-state index in [2.05, 4.69) is 25.2 Å². The number of carbonyl (C=O) groups is 1. The minimum absolute atomic E-state index is 0.0267. The molecule has 5 atom stereocenters. The molecule has 27 heavy (non-hydrogen) atoms. The number of amides is 1. The first-order chi connectivity index (χ1) is 12.8. The van der Waals surface area contributed by atoms with Crippen LogP contribution < -0.4 is 14.8 Å². The molecule has 1 aromatic carbocycles. The first-order valence-corrected chi connectivity index (χ1v) is 9.94. The molecule has 1 heterocycles. The number of rotatable bonds is 4. The maximum absolute atomic E-state index is 12.0. The molecule has 4 rings (SSSR count). The van der Waals surface area contributed by atoms with Crippen LogP contribution in [0.3, 0.4) is 0 Å². The Bertz CT molecular complexity index is 746. The molecule has 3 fully saturated rings. The molecular formula is C22H31NO4. The Morgan fingerprint density at radius 1 is 1.26 bits per heavy atom. The molecule has 0 aromatic heterocycles. The summed E-state index contributed by atoms with van der Waals surface area (Å²) in [7, 11) is 3.35. The molecule has 2 saturated carbocycles. The second-order valence-electron chi connectivity index (χ2n) is 9.06. The van der Waals surface area contributed by atoms with E-state index >= 15 is 0 Å². The quantitative estimate of drug-likeness (QED) is 0.874. The molecule has 148 valence electrons. The molecule has 1 aromatic rings. The van der Waals surface area contributed by atoms with E-state index in [1.54, 1.807) is 21.1 Å². The van der Waals surface area contributed by atoms with Gasteiger partial charge >= 0.3 is 0 Å². The molecule has 2 bridgehead atoms. The van der Waals surface area contributed by atoms with Crippen LogP contribution in [0.25, 0.3) is 0 Å². The van der Waals surface area contributed by atoms with E-state index in [1.807, 2.05) is 12.1 Å². The number of ether oxygens (including phenoxy) is 3. The van der Waals surface area contributed by atoms with Crippen LogP contribution in [0.1, 0.15) is 51.7 Å². The Kier molecular flexibility index (Phi) is 4.41. The topological polar surface area (TPSA) is 56.8 Å². The van der Waals surface area contributed by atoms with Crippen LogP contribution in [-0.2, 0) is 9.53 Å². The van der Waals surface area contributed by atoms with Crippen molar-refractivity contribution in [2.75, 3.05) is 20.8 Å². The van der Waals surface area contributed by atoms with Crippen LogP contribution in [0.2, 0.25) is 0 Å². The van der Waals surface area contributed by atoms with Crippen LogP contribution in [-0.4, -0.2) is 32.8 Å². The summed E-state index contributed by atoms with van der Waals surface area (Å²) in [5.41, 5.74) is 1.27. The number of carbonyl (C=O) groups excluding carboxylic acids is 1. The first-order valence-electron chi connectivity index (χ1n) is 9.94. The second kappa shape index (κ2) is 6.40. The van der Waals surface area contributed by atoms with Gasteiger partial charge in [0.1, 0.15) is 0 Å². The molecule has 1 amide bonds. The zero-order chi connectivity index (χ0) is 19.4. The highest BCUT2D eigenvalue weighted by Gasteiger charge is 2.68. The van der Waals surface area contributed by atoms with Gasteiger partial charge in [-0.3, -0.25) is 4.79 Å². The predicted octanol–water partition coefficient (Wildman–Crippen LogP) is 3.72. The van der Waals surface area contributed by atoms with Crippen LogP contribution in [0.15, 0.2) is 18.2 Å². The number of benzene rings is 1. The van der Waals surface area contributed by atoms with E-state index in [0.717, 1.165) is 29.9 Å². The molecule has 1 spiro atoms. The number of hydrogen-bond donors (Lipinski definition) is 1. The summed E-state index contributed by atoms with van der Waals surface area (Å²) in [4.78, 5) is 12.0. The molecule has 1 aliphatic heterocycles. The van der Waals surface area contributed by atoms with E-state index in [1.165, 1.54) is 6.42 Å². The van der Waals surface area contributed by atoms with Crippen molar-refractivity contribution >= 4 is 5.91 Å². The third-order valence-corrected chi connectivity index (χ3v) is 7.59. The lowest BCUT2D eigenvalue weighted by Crippen LogP contribution is -2.58. The predicted molar refractivity (Wildman–Crippen MR) is 103 cm³/mol. The lowest BCUT2D eigenvalue weighted by molar-refractivity contribution is -0.136. The molecule has 5 nitrogen and oxygen atoms in total. The number of para-hydroxylation sites is 1. The summed E-state index contributed by atoms with van der Waals surface area (Å²) in [6.45, 7) is 6.98. The zero-order valence-electron chi connectivity index (χ0n) is 17.0. The minimum Gasteiger partial charge on any atom is -0.493 e. The van der Waals surface area contributed by atoms with E-state index in [9.17, 15) is 4.79 Å². The SMILES string of the molecule is COc1cccc([C@H]2OCCC34C[C@@H](C[C@H]23)C(C)(C)[C@@H]4NC(C)=O)c1OC. The van der Waals surface area contributed by atoms with E-state index in [-0.39, 0.29) is 28.9 Å². The van der Waals surface area contributed by atoms with Crippen LogP contribution >= 0.6 is 0 Å². The Morgan fingerprint density at radius 2 is 2.04 bits per heavy atom. The molecule has 1 saturated heterocycles. The maximum Gasteiger partial charge on any atom is 0.217 e. The van der Waals surface area contributed by atoms with Gasteiger partial charge in [0.25, 0.3) is 0 Å². The lowest BCUT2D eigenvalue weighted by atomic mass is 9.58. The first kappa shape index (κ1) is 18.6. The van der Waals surface area contributed by atoms with Gasteiger partial charge in [-0.05, 0) is 48.0 Å². The highest BCUT2D eigenvalue weighted by molar-refractivity contribution is 5.73. The summed E-state index contributed by atoms with van der Waals surface area (Å²) < 4.78 is 17.6. The van der Waals surface area contributed by atoms with Gasteiger partial charge in [-0.1, -0.05) is 26.0 Å². The standard InChI is InChI=1S/C22H31NO4/c1-13(24)23-20-21(2,3)14-11-16-18(27-10-9-22(16,20)12-14)15-7-6-8-17(25-4)19(15)26-5/h6-8,14,16,18,20H,9-12H2,1-5H3,(H,23,24)/t14-,16-,18-,20+,22?/m1/s1. The van der Waals surface area contributed by atoms with E-state index in [4.69, 9.17) is 14.2 Å². The van der Waals surface area contributed by atoms with Crippen molar-refractivity contribution < 1.29 is 19.0 Å². The van der Waals surface area contributed by atoms with E-state index in [0.29, 0.717) is 18.4 Å². The number of hydrogen-bond acceptors (Lipinski definition) is 4. The summed E-state index contributed by atoms with van der Waals surface area (Å²) in [6, 6.07) is 6.21. The third-order valence-electron chi connectivity index (χ3n) is 7.59. The molecule has 3 aliphatic rings. The Balaban J connectivity index is 1.75. The van der Waals surface area contributed by atoms with Gasteiger partial charge in [-0.15, -0.1) is 0 Å². The van der Waals surface area contributed by atoms with Crippen molar-refractivity contribution in [3.8, 4) is 11.5 Å². The average molecular weight is 373 g/mol. The molecule has 0 radical (unpaired) electrons. The maximum atomic E-state index is 12.0. The second-order valence-corrected chi connectivity index (χ2v) is 9.06. The van der Waals surface area contributed by atoms with Crippen molar-refractivity contribution in [2.45, 2.75) is 52.2 Å². The molecule has 5 heteroatoms. The average Bonchev–Trinajstić information content (AvgIpc) is 3.13. The highest BCUT2D eigenvalue weighted by Crippen LogP contribution is 2.70. The highest BCUT2D eigenvalue weighted by atomic mass is 16.5. The number of nitrogens with one attached hydrogen (secondary N) is 1. The van der Waals surface area contributed by atoms with Gasteiger partial charge in [-0.2, -0.15) is 0 Å². The molecule has 2 aliphatic carbocycles. The van der Waals surface area contributed by atoms with Crippen molar-refractivity contribution in [1.82, 2.24) is 5.32 Å². The number of fused-ring (bicyclic) bond motifs is 1. The summed E-state index contributed by atoms with van der Waals surface area (Å²) in [5, 5.41) is 3.33. The molecular weight excluding hydrogens is 342 g/mol. The van der Waals surface area contributed by atoms with Crippen molar-refractivity contribution in [3.63, 3.8) is 0 Å². The van der Waals surface area contributed by atoms with E-state index < -0.39 is 0 Å². The van der Waals surface area contributed by atoms with Crippen molar-refractivity contribution in [2.24, 2.45) is 22.7 Å². The fourth-order valence-corrected chi connectivity index (χ4v) is 6.43. The Labute approximate surface area is 161 Å². The van der Waals surface area contributed by atoms with Gasteiger partial charge in [0.05, 0.1) is 20.3 Å². The summed E-state index contributed by atoms with van der Waals surface area (Å²) in [5.74, 6) is 2.54. The molecule has 1 unspecified atom stereocenters. The van der Waals surface area contributed by atoms with Crippen LogP contribution in [0.4, 0.5) is 0 Å². The normalized spacial score (nSPS) is 36.2. The van der Waals surface area contributed by atoms with Gasteiger partial charge in [0.2, 0.25) is 5.91 Å². The monoisotopic (exact) mass is 373 g/mol. The van der Waals surface area contributed by atoms with Gasteiger partial charge in [0, 0.05) is 25.1 Å². The van der Waals surface area contributed by atoms with Crippen LogP contribution in [0.5, 0.6) is 11.5 Å². The minimum atomic E-state index is -0.0267. The largest absolute Gasteiger partial charge is 0.493 e. The number of methoxy groups -OCH3 is 2. The van der Waals surface area contributed by atoms with Crippen LogP contribution in [0, 0.1) is 22.7 Å². The van der Waals surface area contributed by atoms with Crippen molar-refractivity contribution in [1.29, 1.82) is 0 Å². The van der Waals surface area contributed by atoms with Gasteiger partial charge in [-0.25, -0.2) is 0 Å². The van der Waals surface area contributed by atoms with Gasteiger partial charge < -0.3 is 19.5 Å². The zero-order valence-corrected chi connectivity index (χ0v) is 17.0.